The number of carbonyl (C=O) groups is 2. The molecule has 4 aliphatic rings. The van der Waals surface area contributed by atoms with Gasteiger partial charge in [0.15, 0.2) is 0 Å². The molecule has 6 atom stereocenters. The van der Waals surface area contributed by atoms with E-state index >= 15 is 0 Å². The van der Waals surface area contributed by atoms with Crippen LogP contribution in [0, 0.1) is 43.4 Å². The molecule has 0 spiro atoms. The Bertz CT molecular complexity index is 1120. The van der Waals surface area contributed by atoms with Crippen LogP contribution in [-0.4, -0.2) is 23.6 Å². The molecular weight excluding hydrogens is 400 g/mol. The quantitative estimate of drug-likeness (QED) is 0.686. The van der Waals surface area contributed by atoms with E-state index in [2.05, 4.69) is 5.16 Å². The highest BCUT2D eigenvalue weighted by molar-refractivity contribution is 6.34. The first-order valence-corrected chi connectivity index (χ1v) is 10.8. The number of oxime groups is 1. The summed E-state index contributed by atoms with van der Waals surface area (Å²) in [4.78, 5) is 34.4. The van der Waals surface area contributed by atoms with E-state index in [9.17, 15) is 9.59 Å². The monoisotopic (exact) mass is 420 g/mol. The predicted octanol–water partition coefficient (Wildman–Crippen LogP) is 4.13. The zero-order valence-corrected chi connectivity index (χ0v) is 17.5. The number of fused-ring (bicyclic) bond motifs is 8. The second-order valence-electron chi connectivity index (χ2n) is 8.92. The third-order valence-electron chi connectivity index (χ3n) is 7.50. The maximum atomic E-state index is 13.6. The van der Waals surface area contributed by atoms with Crippen LogP contribution in [0.15, 0.2) is 47.6 Å². The van der Waals surface area contributed by atoms with E-state index in [4.69, 9.17) is 16.4 Å². The van der Waals surface area contributed by atoms with Gasteiger partial charge in [0.2, 0.25) is 11.8 Å². The molecule has 3 fully saturated rings. The first-order valence-electron chi connectivity index (χ1n) is 10.4. The molecule has 6 rings (SSSR count). The Morgan fingerprint density at radius 1 is 0.933 bits per heavy atom. The van der Waals surface area contributed by atoms with E-state index in [1.54, 1.807) is 0 Å². The number of benzene rings is 2. The highest BCUT2D eigenvalue weighted by Crippen LogP contribution is 2.62. The number of carbonyl (C=O) groups excluding carboxylic acids is 2. The van der Waals surface area contributed by atoms with Gasteiger partial charge in [-0.05, 0) is 43.4 Å². The van der Waals surface area contributed by atoms with Crippen LogP contribution in [0.5, 0.6) is 0 Å². The first-order chi connectivity index (χ1) is 14.5. The molecule has 0 N–H and O–H groups in total. The number of amides is 2. The first kappa shape index (κ1) is 18.1. The molecule has 5 nitrogen and oxygen atoms in total. The summed E-state index contributed by atoms with van der Waals surface area (Å²) < 4.78 is 0. The Labute approximate surface area is 179 Å². The van der Waals surface area contributed by atoms with Crippen molar-refractivity contribution in [2.24, 2.45) is 34.7 Å². The molecule has 0 aromatic heterocycles. The Balaban J connectivity index is 1.40. The topological polar surface area (TPSA) is 59.0 Å². The van der Waals surface area contributed by atoms with Gasteiger partial charge in [-0.2, -0.15) is 0 Å². The van der Waals surface area contributed by atoms with Gasteiger partial charge in [0.05, 0.1) is 23.2 Å². The number of hydrogen-bond acceptors (Lipinski definition) is 4. The summed E-state index contributed by atoms with van der Waals surface area (Å²) in [5, 5.41) is 5.00. The second kappa shape index (κ2) is 6.17. The average molecular weight is 421 g/mol. The third kappa shape index (κ3) is 2.16. The van der Waals surface area contributed by atoms with E-state index in [0.29, 0.717) is 5.02 Å². The summed E-state index contributed by atoms with van der Waals surface area (Å²) in [6.45, 7) is 3.90. The summed E-state index contributed by atoms with van der Waals surface area (Å²) in [6, 6.07) is 13.5. The van der Waals surface area contributed by atoms with E-state index < -0.39 is 0 Å². The van der Waals surface area contributed by atoms with Crippen molar-refractivity contribution in [2.75, 3.05) is 4.90 Å². The molecule has 6 heteroatoms. The molecule has 2 aromatic carbocycles. The molecule has 0 radical (unpaired) electrons. The van der Waals surface area contributed by atoms with Crippen molar-refractivity contribution in [1.29, 1.82) is 0 Å². The number of nitrogens with zero attached hydrogens (tertiary/aromatic N) is 2. The standard InChI is InChI=1S/C24H21ClN2O3/c1-11-6-5-7-12(2)21(11)27-23(28)17-14-10-15(18(17)24(27)29)22-19(14)20(26-30-22)13-8-3-4-9-16(13)25/h3-9,14-15,17-19,22H,10H2,1-2H3/t14-,15+,17-,18+,19+,22+/m1/s1. The lowest BCUT2D eigenvalue weighted by atomic mass is 9.71. The number of imide groups is 1. The second-order valence-corrected chi connectivity index (χ2v) is 9.33. The van der Waals surface area contributed by atoms with Gasteiger partial charge >= 0.3 is 0 Å². The molecule has 1 saturated heterocycles. The predicted molar refractivity (Wildman–Crippen MR) is 113 cm³/mol. The molecule has 2 aliphatic carbocycles. The van der Waals surface area contributed by atoms with Gasteiger partial charge in [-0.3, -0.25) is 9.59 Å². The number of hydrogen-bond donors (Lipinski definition) is 0. The average Bonchev–Trinajstić information content (AvgIpc) is 3.45. The maximum Gasteiger partial charge on any atom is 0.238 e. The fourth-order valence-electron chi connectivity index (χ4n) is 6.40. The van der Waals surface area contributed by atoms with Gasteiger partial charge in [-0.25, -0.2) is 4.90 Å². The largest absolute Gasteiger partial charge is 0.391 e. The van der Waals surface area contributed by atoms with Crippen molar-refractivity contribution in [3.63, 3.8) is 0 Å². The van der Waals surface area contributed by atoms with Gasteiger partial charge in [-0.15, -0.1) is 0 Å². The molecule has 2 bridgehead atoms. The van der Waals surface area contributed by atoms with Crippen LogP contribution in [0.25, 0.3) is 0 Å². The molecule has 2 aromatic rings. The van der Waals surface area contributed by atoms with Crippen molar-refractivity contribution in [3.8, 4) is 0 Å². The summed E-state index contributed by atoms with van der Waals surface area (Å²) in [5.41, 5.74) is 4.31. The van der Waals surface area contributed by atoms with Gasteiger partial charge in [0, 0.05) is 22.4 Å². The molecule has 2 amide bonds. The van der Waals surface area contributed by atoms with Crippen LogP contribution in [0.1, 0.15) is 23.1 Å². The Morgan fingerprint density at radius 2 is 1.60 bits per heavy atom. The molecular formula is C24H21ClN2O3. The van der Waals surface area contributed by atoms with E-state index in [1.807, 2.05) is 56.3 Å². The van der Waals surface area contributed by atoms with Crippen LogP contribution in [0.2, 0.25) is 5.02 Å². The lowest BCUT2D eigenvalue weighted by molar-refractivity contribution is -0.125. The number of para-hydroxylation sites is 1. The minimum atomic E-state index is -0.316. The van der Waals surface area contributed by atoms with E-state index in [-0.39, 0.29) is 47.5 Å². The summed E-state index contributed by atoms with van der Waals surface area (Å²) >= 11 is 6.43. The Morgan fingerprint density at radius 3 is 2.30 bits per heavy atom. The van der Waals surface area contributed by atoms with Gasteiger partial charge in [-0.1, -0.05) is 53.2 Å². The number of halogens is 1. The SMILES string of the molecule is Cc1cccc(C)c1N1C(=O)[C@@H]2[C@H]3C[C@H]([C@@H]4ON=C(c5ccccc5Cl)[C@H]34)[C@@H]2C1=O. The molecule has 2 saturated carbocycles. The maximum absolute atomic E-state index is 13.6. The third-order valence-corrected chi connectivity index (χ3v) is 7.83. The molecule has 0 unspecified atom stereocenters. The van der Waals surface area contributed by atoms with Crippen molar-refractivity contribution in [1.82, 2.24) is 0 Å². The summed E-state index contributed by atoms with van der Waals surface area (Å²) in [7, 11) is 0. The van der Waals surface area contributed by atoms with Gasteiger partial charge < -0.3 is 4.84 Å². The lowest BCUT2D eigenvalue weighted by Gasteiger charge is -2.30. The fourth-order valence-corrected chi connectivity index (χ4v) is 6.63. The van der Waals surface area contributed by atoms with Crippen LogP contribution < -0.4 is 4.90 Å². The zero-order chi connectivity index (χ0) is 20.7. The smallest absolute Gasteiger partial charge is 0.238 e. The van der Waals surface area contributed by atoms with Gasteiger partial charge in [0.25, 0.3) is 0 Å². The van der Waals surface area contributed by atoms with Crippen LogP contribution in [-0.2, 0) is 14.4 Å². The van der Waals surface area contributed by atoms with Crippen molar-refractivity contribution >= 4 is 34.8 Å². The number of aryl methyl sites for hydroxylation is 2. The Kier molecular flexibility index (Phi) is 3.73. The zero-order valence-electron chi connectivity index (χ0n) is 16.7. The summed E-state index contributed by atoms with van der Waals surface area (Å²) in [5.74, 6) is -0.707. The van der Waals surface area contributed by atoms with Gasteiger partial charge in [0.1, 0.15) is 6.10 Å². The lowest BCUT2D eigenvalue weighted by Crippen LogP contribution is -2.41. The molecule has 2 heterocycles. The Hall–Kier alpha value is -2.66. The van der Waals surface area contributed by atoms with Crippen molar-refractivity contribution in [2.45, 2.75) is 26.4 Å². The fraction of sp³-hybridized carbons (Fsp3) is 0.375. The minimum absolute atomic E-state index is 0.00539. The minimum Gasteiger partial charge on any atom is -0.391 e. The number of rotatable bonds is 2. The normalized spacial score (nSPS) is 33.6. The van der Waals surface area contributed by atoms with Crippen LogP contribution >= 0.6 is 11.6 Å². The van der Waals surface area contributed by atoms with Crippen LogP contribution in [0.3, 0.4) is 0 Å². The highest BCUT2D eigenvalue weighted by atomic mass is 35.5. The molecule has 2 aliphatic heterocycles. The summed E-state index contributed by atoms with van der Waals surface area (Å²) in [6.07, 6.45) is 0.670. The van der Waals surface area contributed by atoms with E-state index in [0.717, 1.165) is 34.5 Å². The van der Waals surface area contributed by atoms with Crippen molar-refractivity contribution in [3.05, 3.63) is 64.2 Å². The van der Waals surface area contributed by atoms with Crippen molar-refractivity contribution < 1.29 is 14.4 Å². The highest BCUT2D eigenvalue weighted by Gasteiger charge is 2.70. The van der Waals surface area contributed by atoms with E-state index in [1.165, 1.54) is 4.90 Å². The molecule has 152 valence electrons. The van der Waals surface area contributed by atoms with Crippen LogP contribution in [0.4, 0.5) is 5.69 Å². The number of anilines is 1. The molecule has 30 heavy (non-hydrogen) atoms.